The number of hydrogen-bond acceptors (Lipinski definition) is 3. The summed E-state index contributed by atoms with van der Waals surface area (Å²) in [6.07, 6.45) is 0. The first-order valence-electron chi connectivity index (χ1n) is 6.67. The predicted octanol–water partition coefficient (Wildman–Crippen LogP) is 3.33. The zero-order chi connectivity index (χ0) is 15.9. The zero-order valence-electron chi connectivity index (χ0n) is 12.0. The summed E-state index contributed by atoms with van der Waals surface area (Å²) in [6, 6.07) is 12.0. The lowest BCUT2D eigenvalue weighted by Gasteiger charge is -2.09. The van der Waals surface area contributed by atoms with Gasteiger partial charge in [0.25, 0.3) is 0 Å². The minimum absolute atomic E-state index is 0.00864. The van der Waals surface area contributed by atoms with Crippen molar-refractivity contribution in [2.24, 2.45) is 0 Å². The van der Waals surface area contributed by atoms with E-state index in [1.165, 1.54) is 6.07 Å². The number of methoxy groups -OCH3 is 1. The molecule has 0 fully saturated rings. The number of nitrogens with one attached hydrogen (secondary N) is 2. The second-order valence-electron chi connectivity index (χ2n) is 4.60. The highest BCUT2D eigenvalue weighted by atomic mass is 79.9. The van der Waals surface area contributed by atoms with Gasteiger partial charge in [-0.15, -0.1) is 0 Å². The number of amides is 1. The maximum atomic E-state index is 13.6. The van der Waals surface area contributed by atoms with Crippen molar-refractivity contribution in [2.45, 2.75) is 6.54 Å². The van der Waals surface area contributed by atoms with Gasteiger partial charge in [0, 0.05) is 11.0 Å². The van der Waals surface area contributed by atoms with Crippen molar-refractivity contribution >= 4 is 27.5 Å². The Balaban J connectivity index is 1.80. The van der Waals surface area contributed by atoms with Gasteiger partial charge in [-0.2, -0.15) is 0 Å². The molecule has 2 aromatic carbocycles. The largest absolute Gasteiger partial charge is 0.497 e. The van der Waals surface area contributed by atoms with Crippen LogP contribution in [0.2, 0.25) is 0 Å². The van der Waals surface area contributed by atoms with Gasteiger partial charge in [-0.1, -0.05) is 28.1 Å². The Labute approximate surface area is 136 Å². The van der Waals surface area contributed by atoms with Crippen LogP contribution in [0.25, 0.3) is 0 Å². The van der Waals surface area contributed by atoms with Crippen LogP contribution in [-0.2, 0) is 11.3 Å². The van der Waals surface area contributed by atoms with Crippen molar-refractivity contribution in [3.8, 4) is 5.75 Å². The van der Waals surface area contributed by atoms with Gasteiger partial charge in [-0.05, 0) is 35.9 Å². The van der Waals surface area contributed by atoms with Crippen molar-refractivity contribution in [3.63, 3.8) is 0 Å². The van der Waals surface area contributed by atoms with Crippen molar-refractivity contribution in [3.05, 3.63) is 58.3 Å². The molecule has 6 heteroatoms. The van der Waals surface area contributed by atoms with Crippen LogP contribution in [-0.4, -0.2) is 19.6 Å². The number of halogens is 2. The molecule has 0 saturated heterocycles. The molecule has 0 spiro atoms. The van der Waals surface area contributed by atoms with Crippen LogP contribution in [0.15, 0.2) is 46.9 Å². The molecule has 2 N–H and O–H groups in total. The second kappa shape index (κ2) is 7.79. The van der Waals surface area contributed by atoms with E-state index in [2.05, 4.69) is 26.6 Å². The average Bonchev–Trinajstić information content (AvgIpc) is 2.52. The third-order valence-corrected chi connectivity index (χ3v) is 3.51. The average molecular weight is 367 g/mol. The highest BCUT2D eigenvalue weighted by Gasteiger charge is 2.05. The number of rotatable bonds is 6. The molecule has 2 rings (SSSR count). The van der Waals surface area contributed by atoms with E-state index in [1.807, 2.05) is 24.3 Å². The zero-order valence-corrected chi connectivity index (χ0v) is 13.6. The van der Waals surface area contributed by atoms with Crippen LogP contribution in [0.3, 0.4) is 0 Å². The quantitative estimate of drug-likeness (QED) is 0.824. The van der Waals surface area contributed by atoms with Crippen molar-refractivity contribution in [1.82, 2.24) is 5.32 Å². The summed E-state index contributed by atoms with van der Waals surface area (Å²) in [5.41, 5.74) is 1.26. The maximum absolute atomic E-state index is 13.6. The van der Waals surface area contributed by atoms with E-state index in [1.54, 1.807) is 19.2 Å². The molecule has 0 radical (unpaired) electrons. The van der Waals surface area contributed by atoms with Crippen molar-refractivity contribution in [1.29, 1.82) is 0 Å². The van der Waals surface area contributed by atoms with Gasteiger partial charge in [-0.3, -0.25) is 4.79 Å². The lowest BCUT2D eigenvalue weighted by atomic mass is 10.2. The number of anilines is 1. The van der Waals surface area contributed by atoms with Crippen LogP contribution in [0.5, 0.6) is 5.75 Å². The van der Waals surface area contributed by atoms with E-state index in [0.717, 1.165) is 11.3 Å². The van der Waals surface area contributed by atoms with Gasteiger partial charge < -0.3 is 15.4 Å². The number of benzene rings is 2. The smallest absolute Gasteiger partial charge is 0.239 e. The molecular weight excluding hydrogens is 351 g/mol. The lowest BCUT2D eigenvalue weighted by Crippen LogP contribution is -2.29. The molecule has 1 amide bonds. The normalized spacial score (nSPS) is 10.1. The molecule has 116 valence electrons. The fourth-order valence-corrected chi connectivity index (χ4v) is 2.15. The number of carbonyl (C=O) groups excluding carboxylic acids is 1. The molecule has 0 aliphatic carbocycles. The lowest BCUT2D eigenvalue weighted by molar-refractivity contribution is -0.119. The Morgan fingerprint density at radius 1 is 1.23 bits per heavy atom. The molecular formula is C16H16BrFN2O2. The van der Waals surface area contributed by atoms with Crippen molar-refractivity contribution < 1.29 is 13.9 Å². The fraction of sp³-hybridized carbons (Fsp3) is 0.188. The summed E-state index contributed by atoms with van der Waals surface area (Å²) in [5, 5.41) is 5.53. The Morgan fingerprint density at radius 3 is 2.59 bits per heavy atom. The summed E-state index contributed by atoms with van der Waals surface area (Å²) in [6.45, 7) is 0.419. The molecule has 22 heavy (non-hydrogen) atoms. The summed E-state index contributed by atoms with van der Waals surface area (Å²) < 4.78 is 19.3. The summed E-state index contributed by atoms with van der Waals surface area (Å²) in [7, 11) is 1.60. The summed E-state index contributed by atoms with van der Waals surface area (Å²) in [4.78, 5) is 11.8. The first-order valence-corrected chi connectivity index (χ1v) is 7.46. The molecule has 0 aliphatic rings. The minimum atomic E-state index is -0.405. The molecule has 0 atom stereocenters. The Bertz CT molecular complexity index is 647. The fourth-order valence-electron chi connectivity index (χ4n) is 1.81. The Hall–Kier alpha value is -2.08. The first-order chi connectivity index (χ1) is 10.6. The van der Waals surface area contributed by atoms with Crippen LogP contribution in [0.4, 0.5) is 10.1 Å². The van der Waals surface area contributed by atoms with E-state index in [-0.39, 0.29) is 12.5 Å². The van der Waals surface area contributed by atoms with E-state index in [0.29, 0.717) is 16.7 Å². The highest BCUT2D eigenvalue weighted by Crippen LogP contribution is 2.18. The van der Waals surface area contributed by atoms with E-state index >= 15 is 0 Å². The SMILES string of the molecule is COc1ccc(CNC(=O)CNc2ccc(Br)cc2F)cc1. The first kappa shape index (κ1) is 16.3. The van der Waals surface area contributed by atoms with Crippen molar-refractivity contribution in [2.75, 3.05) is 19.0 Å². The maximum Gasteiger partial charge on any atom is 0.239 e. The number of carbonyl (C=O) groups is 1. The molecule has 0 unspecified atom stereocenters. The van der Waals surface area contributed by atoms with Gasteiger partial charge in [0.1, 0.15) is 11.6 Å². The van der Waals surface area contributed by atoms with E-state index in [9.17, 15) is 9.18 Å². The minimum Gasteiger partial charge on any atom is -0.497 e. The monoisotopic (exact) mass is 366 g/mol. The van der Waals surface area contributed by atoms with Gasteiger partial charge in [0.15, 0.2) is 0 Å². The van der Waals surface area contributed by atoms with E-state index < -0.39 is 5.82 Å². The predicted molar refractivity (Wildman–Crippen MR) is 87.4 cm³/mol. The van der Waals surface area contributed by atoms with E-state index in [4.69, 9.17) is 4.74 Å². The molecule has 0 saturated carbocycles. The molecule has 0 heterocycles. The second-order valence-corrected chi connectivity index (χ2v) is 5.52. The van der Waals surface area contributed by atoms with Crippen LogP contribution in [0, 0.1) is 5.82 Å². The van der Waals surface area contributed by atoms with Crippen LogP contribution < -0.4 is 15.4 Å². The van der Waals surface area contributed by atoms with Crippen LogP contribution in [0.1, 0.15) is 5.56 Å². The molecule has 0 aliphatic heterocycles. The summed E-state index contributed by atoms with van der Waals surface area (Å²) >= 11 is 3.18. The van der Waals surface area contributed by atoms with Gasteiger partial charge >= 0.3 is 0 Å². The Kier molecular flexibility index (Phi) is 5.77. The number of hydrogen-bond donors (Lipinski definition) is 2. The van der Waals surface area contributed by atoms with Gasteiger partial charge in [-0.25, -0.2) is 4.39 Å². The topological polar surface area (TPSA) is 50.4 Å². The molecule has 0 aromatic heterocycles. The highest BCUT2D eigenvalue weighted by molar-refractivity contribution is 9.10. The van der Waals surface area contributed by atoms with Crippen LogP contribution >= 0.6 is 15.9 Å². The molecule has 2 aromatic rings. The third kappa shape index (κ3) is 4.73. The standard InChI is InChI=1S/C16H16BrFN2O2/c1-22-13-5-2-11(3-6-13)9-20-16(21)10-19-15-7-4-12(17)8-14(15)18/h2-8,19H,9-10H2,1H3,(H,20,21). The third-order valence-electron chi connectivity index (χ3n) is 3.02. The Morgan fingerprint density at radius 2 is 1.95 bits per heavy atom. The van der Waals surface area contributed by atoms with Gasteiger partial charge in [0.05, 0.1) is 19.3 Å². The number of ether oxygens (including phenoxy) is 1. The molecule has 4 nitrogen and oxygen atoms in total. The van der Waals surface area contributed by atoms with Gasteiger partial charge in [0.2, 0.25) is 5.91 Å². The summed E-state index contributed by atoms with van der Waals surface area (Å²) in [5.74, 6) is 0.151. The molecule has 0 bridgehead atoms.